The summed E-state index contributed by atoms with van der Waals surface area (Å²) < 4.78 is 27.4. The van der Waals surface area contributed by atoms with Crippen LogP contribution in [-0.2, 0) is 14.3 Å². The number of likely N-dealkylation sites (N-methyl/N-ethyl adjacent to an activating group) is 1. The van der Waals surface area contributed by atoms with Crippen LogP contribution in [0.15, 0.2) is 0 Å². The molecule has 0 aliphatic heterocycles. The summed E-state index contributed by atoms with van der Waals surface area (Å²) in [6.45, 7) is 0.975. The Labute approximate surface area is 80.2 Å². The molecule has 0 radical (unpaired) electrons. The first-order chi connectivity index (χ1) is 5.77. The average molecular weight is 211 g/mol. The minimum atomic E-state index is -3.39. The van der Waals surface area contributed by atoms with E-state index in [0.717, 1.165) is 0 Å². The molecule has 80 valence electrons. The van der Waals surface area contributed by atoms with Crippen LogP contribution in [0, 0.1) is 0 Å². The van der Waals surface area contributed by atoms with Crippen LogP contribution in [0.5, 0.6) is 0 Å². The van der Waals surface area contributed by atoms with Gasteiger partial charge in [-0.2, -0.15) is 8.42 Å². The number of nitrogens with two attached hydrogens (primary N) is 1. The minimum absolute atomic E-state index is 0.104. The maximum absolute atomic E-state index is 11.0. The van der Waals surface area contributed by atoms with Crippen molar-refractivity contribution >= 4 is 10.1 Å². The molecule has 2 N–H and O–H groups in total. The van der Waals surface area contributed by atoms with Crippen LogP contribution in [0.4, 0.5) is 0 Å². The Morgan fingerprint density at radius 2 is 1.85 bits per heavy atom. The molecule has 0 spiro atoms. The van der Waals surface area contributed by atoms with Gasteiger partial charge in [-0.25, -0.2) is 0 Å². The Balaban J connectivity index is 3.77. The fourth-order valence-electron chi connectivity index (χ4n) is 0.641. The highest BCUT2D eigenvalue weighted by Crippen LogP contribution is 1.95. The van der Waals surface area contributed by atoms with Crippen LogP contribution in [0.3, 0.4) is 0 Å². The third-order valence-electron chi connectivity index (χ3n) is 1.39. The Hall–Kier alpha value is -0.170. The molecule has 0 heterocycles. The summed E-state index contributed by atoms with van der Waals surface area (Å²) in [7, 11) is 2.52. The molecular formula is C7H19N2O3S+. The van der Waals surface area contributed by atoms with Gasteiger partial charge in [-0.1, -0.05) is 0 Å². The average Bonchev–Trinajstić information content (AvgIpc) is 1.82. The van der Waals surface area contributed by atoms with E-state index in [1.807, 2.05) is 21.1 Å². The normalized spacial score (nSPS) is 13.2. The summed E-state index contributed by atoms with van der Waals surface area (Å²) in [5, 5.41) is 0. The molecule has 0 aromatic carbocycles. The van der Waals surface area contributed by atoms with Crippen LogP contribution in [-0.4, -0.2) is 59.5 Å². The van der Waals surface area contributed by atoms with Crippen LogP contribution in [0.2, 0.25) is 0 Å². The van der Waals surface area contributed by atoms with Gasteiger partial charge >= 0.3 is 0 Å². The predicted molar refractivity (Wildman–Crippen MR) is 51.7 cm³/mol. The van der Waals surface area contributed by atoms with Gasteiger partial charge in [0, 0.05) is 6.54 Å². The van der Waals surface area contributed by atoms with Gasteiger partial charge in [-0.15, -0.1) is 0 Å². The van der Waals surface area contributed by atoms with E-state index < -0.39 is 10.1 Å². The van der Waals surface area contributed by atoms with Gasteiger partial charge < -0.3 is 10.2 Å². The van der Waals surface area contributed by atoms with Crippen LogP contribution in [0.25, 0.3) is 0 Å². The van der Waals surface area contributed by atoms with Crippen LogP contribution >= 0.6 is 0 Å². The molecule has 5 nitrogen and oxygen atoms in total. The lowest BCUT2D eigenvalue weighted by molar-refractivity contribution is -0.870. The summed E-state index contributed by atoms with van der Waals surface area (Å²) in [4.78, 5) is 0. The molecule has 0 aromatic heterocycles. The lowest BCUT2D eigenvalue weighted by Gasteiger charge is -2.23. The Morgan fingerprint density at radius 3 is 2.23 bits per heavy atom. The quantitative estimate of drug-likeness (QED) is 0.452. The first kappa shape index (κ1) is 12.8. The Morgan fingerprint density at radius 1 is 1.31 bits per heavy atom. The van der Waals surface area contributed by atoms with Gasteiger partial charge in [-0.05, 0) is 0 Å². The Kier molecular flexibility index (Phi) is 4.83. The summed E-state index contributed by atoms with van der Waals surface area (Å²) in [6, 6.07) is 0. The van der Waals surface area contributed by atoms with Crippen molar-refractivity contribution in [3.63, 3.8) is 0 Å². The highest BCUT2D eigenvalue weighted by molar-refractivity contribution is 7.86. The van der Waals surface area contributed by atoms with Crippen molar-refractivity contribution in [3.8, 4) is 0 Å². The van der Waals surface area contributed by atoms with E-state index in [1.165, 1.54) is 0 Å². The third-order valence-corrected chi connectivity index (χ3v) is 2.65. The minimum Gasteiger partial charge on any atom is -0.329 e. The van der Waals surface area contributed by atoms with Crippen molar-refractivity contribution in [2.45, 2.75) is 0 Å². The van der Waals surface area contributed by atoms with E-state index in [-0.39, 0.29) is 18.9 Å². The van der Waals surface area contributed by atoms with E-state index in [9.17, 15) is 8.42 Å². The fraction of sp³-hybridized carbons (Fsp3) is 1.00. The topological polar surface area (TPSA) is 69.4 Å². The highest BCUT2D eigenvalue weighted by Gasteiger charge is 2.13. The molecule has 0 amide bonds. The number of hydrogen-bond acceptors (Lipinski definition) is 4. The van der Waals surface area contributed by atoms with Gasteiger partial charge in [0.2, 0.25) is 0 Å². The number of quaternary nitrogens is 1. The van der Waals surface area contributed by atoms with Crippen LogP contribution < -0.4 is 5.73 Å². The molecule has 0 fully saturated rings. The summed E-state index contributed by atoms with van der Waals surface area (Å²) in [5.41, 5.74) is 5.11. The number of hydrogen-bond donors (Lipinski definition) is 1. The monoisotopic (exact) mass is 211 g/mol. The first-order valence-corrected chi connectivity index (χ1v) is 5.72. The summed E-state index contributed by atoms with van der Waals surface area (Å²) >= 11 is 0. The SMILES string of the molecule is C[N+](C)(C)CCOS(=O)(=O)CCN. The highest BCUT2D eigenvalue weighted by atomic mass is 32.2. The van der Waals surface area contributed by atoms with Crippen molar-refractivity contribution in [1.29, 1.82) is 0 Å². The van der Waals surface area contributed by atoms with E-state index in [0.29, 0.717) is 11.0 Å². The Bertz CT molecular complexity index is 231. The lowest BCUT2D eigenvalue weighted by Crippen LogP contribution is -2.38. The fourth-order valence-corrected chi connectivity index (χ4v) is 1.38. The van der Waals surface area contributed by atoms with Gasteiger partial charge in [-0.3, -0.25) is 4.18 Å². The predicted octanol–water partition coefficient (Wildman–Crippen LogP) is -1.00. The first-order valence-electron chi connectivity index (χ1n) is 4.14. The van der Waals surface area contributed by atoms with E-state index >= 15 is 0 Å². The van der Waals surface area contributed by atoms with E-state index in [1.54, 1.807) is 0 Å². The molecule has 6 heteroatoms. The molecule has 0 atom stereocenters. The van der Waals surface area contributed by atoms with Crippen molar-refractivity contribution in [2.24, 2.45) is 5.73 Å². The lowest BCUT2D eigenvalue weighted by atomic mass is 10.5. The zero-order valence-corrected chi connectivity index (χ0v) is 9.30. The van der Waals surface area contributed by atoms with E-state index in [2.05, 4.69) is 0 Å². The summed E-state index contributed by atoms with van der Waals surface area (Å²) in [5.74, 6) is -0.107. The zero-order valence-electron chi connectivity index (χ0n) is 8.49. The van der Waals surface area contributed by atoms with Crippen LogP contribution in [0.1, 0.15) is 0 Å². The maximum atomic E-state index is 11.0. The molecule has 0 saturated carbocycles. The van der Waals surface area contributed by atoms with Crippen molar-refractivity contribution < 1.29 is 17.1 Å². The molecule has 0 saturated heterocycles. The zero-order chi connectivity index (χ0) is 10.5. The second kappa shape index (κ2) is 4.90. The molecule has 0 aromatic rings. The third kappa shape index (κ3) is 8.17. The number of rotatable bonds is 6. The van der Waals surface area contributed by atoms with Gasteiger partial charge in [0.1, 0.15) is 13.2 Å². The smallest absolute Gasteiger partial charge is 0.268 e. The van der Waals surface area contributed by atoms with Crippen molar-refractivity contribution in [3.05, 3.63) is 0 Å². The second-order valence-electron chi connectivity index (χ2n) is 3.89. The molecule has 13 heavy (non-hydrogen) atoms. The molecule has 0 bridgehead atoms. The number of nitrogens with zero attached hydrogens (tertiary/aromatic N) is 1. The molecule has 0 aliphatic carbocycles. The maximum Gasteiger partial charge on any atom is 0.268 e. The van der Waals surface area contributed by atoms with Gasteiger partial charge in [0.05, 0.1) is 26.9 Å². The molecule has 0 rings (SSSR count). The van der Waals surface area contributed by atoms with Gasteiger partial charge in [0.25, 0.3) is 10.1 Å². The molecule has 0 unspecified atom stereocenters. The largest absolute Gasteiger partial charge is 0.329 e. The van der Waals surface area contributed by atoms with E-state index in [4.69, 9.17) is 9.92 Å². The molecular weight excluding hydrogens is 192 g/mol. The van der Waals surface area contributed by atoms with Crippen molar-refractivity contribution in [2.75, 3.05) is 46.6 Å². The van der Waals surface area contributed by atoms with Crippen molar-refractivity contribution in [1.82, 2.24) is 0 Å². The second-order valence-corrected chi connectivity index (χ2v) is 5.65. The van der Waals surface area contributed by atoms with Gasteiger partial charge in [0.15, 0.2) is 0 Å². The summed E-state index contributed by atoms with van der Waals surface area (Å²) in [6.07, 6.45) is 0. The standard InChI is InChI=1S/C7H19N2O3S/c1-9(2,3)5-6-12-13(10,11)7-4-8/h4-8H2,1-3H3/q+1. The molecule has 0 aliphatic rings.